The fourth-order valence-electron chi connectivity index (χ4n) is 4.44. The fourth-order valence-corrected chi connectivity index (χ4v) is 4.57. The van der Waals surface area contributed by atoms with E-state index in [1.54, 1.807) is 17.0 Å². The number of allylic oxidation sites excluding steroid dienone is 1. The van der Waals surface area contributed by atoms with Gasteiger partial charge >= 0.3 is 6.03 Å². The quantitative estimate of drug-likeness (QED) is 0.314. The highest BCUT2D eigenvalue weighted by Crippen LogP contribution is 2.39. The number of nitrogens with one attached hydrogen (secondary N) is 1. The first kappa shape index (κ1) is 23.8. The van der Waals surface area contributed by atoms with Gasteiger partial charge in [-0.05, 0) is 73.7 Å². The maximum absolute atomic E-state index is 13.4. The second-order valence-electron chi connectivity index (χ2n) is 9.01. The average Bonchev–Trinajstić information content (AvgIpc) is 3.36. The summed E-state index contributed by atoms with van der Waals surface area (Å²) in [5.41, 5.74) is 7.47. The van der Waals surface area contributed by atoms with Gasteiger partial charge in [0.25, 0.3) is 5.89 Å². The number of carbonyl (C=O) groups is 1. The topological polar surface area (TPSA) is 71.3 Å². The third-order valence-corrected chi connectivity index (χ3v) is 6.97. The van der Waals surface area contributed by atoms with Crippen LogP contribution < -0.4 is 10.2 Å². The minimum atomic E-state index is -0.478. The van der Waals surface area contributed by atoms with Crippen LogP contribution >= 0.6 is 11.6 Å². The molecular formula is C29H27ClN4O2. The molecule has 2 amide bonds. The largest absolute Gasteiger partial charge is 0.334 e. The molecule has 36 heavy (non-hydrogen) atoms. The van der Waals surface area contributed by atoms with Crippen molar-refractivity contribution in [2.45, 2.75) is 40.2 Å². The molecule has 182 valence electrons. The van der Waals surface area contributed by atoms with Crippen molar-refractivity contribution < 1.29 is 9.32 Å². The molecule has 1 N–H and O–H groups in total. The van der Waals surface area contributed by atoms with Crippen LogP contribution in [0, 0.1) is 13.8 Å². The van der Waals surface area contributed by atoms with E-state index >= 15 is 0 Å². The van der Waals surface area contributed by atoms with Gasteiger partial charge in [-0.25, -0.2) is 4.79 Å². The molecular weight excluding hydrogens is 472 g/mol. The smallest absolute Gasteiger partial charge is 0.326 e. The Morgan fingerprint density at radius 3 is 2.36 bits per heavy atom. The highest BCUT2D eigenvalue weighted by molar-refractivity contribution is 6.30. The predicted molar refractivity (Wildman–Crippen MR) is 143 cm³/mol. The molecule has 1 atom stereocenters. The molecule has 7 heteroatoms. The van der Waals surface area contributed by atoms with Gasteiger partial charge in [-0.3, -0.25) is 4.90 Å². The van der Waals surface area contributed by atoms with Crippen molar-refractivity contribution in [1.82, 2.24) is 15.5 Å². The molecule has 0 aliphatic carbocycles. The zero-order valence-corrected chi connectivity index (χ0v) is 21.4. The molecule has 5 rings (SSSR count). The third kappa shape index (κ3) is 4.40. The highest BCUT2D eigenvalue weighted by atomic mass is 35.5. The molecule has 0 bridgehead atoms. The molecule has 0 spiro atoms. The van der Waals surface area contributed by atoms with Gasteiger partial charge in [0.2, 0.25) is 5.82 Å². The van der Waals surface area contributed by atoms with E-state index in [0.29, 0.717) is 16.7 Å². The molecule has 1 aliphatic heterocycles. The van der Waals surface area contributed by atoms with Crippen LogP contribution in [0.25, 0.3) is 17.0 Å². The van der Waals surface area contributed by atoms with Crippen LogP contribution in [0.4, 0.5) is 10.5 Å². The molecule has 1 aromatic heterocycles. The number of carbonyl (C=O) groups excluding carboxylic acids is 1. The number of hydrogen-bond donors (Lipinski definition) is 1. The van der Waals surface area contributed by atoms with Crippen molar-refractivity contribution in [1.29, 1.82) is 0 Å². The lowest BCUT2D eigenvalue weighted by molar-refractivity contribution is 0.244. The van der Waals surface area contributed by atoms with Crippen LogP contribution in [0.15, 0.2) is 77.0 Å². The standard InChI is InChI=1S/C29H27ClN4O2/c1-5-20-7-9-22(10-8-20)27-32-28(36-33-27)25-19(4)34(24-15-6-17(2)18(3)16-24)29(35)31-26(25)21-11-13-23(30)14-12-21/h6-16,26H,5H2,1-4H3,(H,31,35). The highest BCUT2D eigenvalue weighted by Gasteiger charge is 2.36. The zero-order valence-electron chi connectivity index (χ0n) is 20.7. The summed E-state index contributed by atoms with van der Waals surface area (Å²) in [5.74, 6) is 0.855. The summed E-state index contributed by atoms with van der Waals surface area (Å²) in [7, 11) is 0. The van der Waals surface area contributed by atoms with E-state index in [-0.39, 0.29) is 6.03 Å². The van der Waals surface area contributed by atoms with Crippen LogP contribution in [0.1, 0.15) is 48.0 Å². The van der Waals surface area contributed by atoms with Gasteiger partial charge in [-0.2, -0.15) is 4.98 Å². The van der Waals surface area contributed by atoms with Gasteiger partial charge in [0.15, 0.2) is 0 Å². The van der Waals surface area contributed by atoms with E-state index in [1.165, 1.54) is 5.56 Å². The number of rotatable bonds is 5. The molecule has 0 radical (unpaired) electrons. The summed E-state index contributed by atoms with van der Waals surface area (Å²) in [6, 6.07) is 20.8. The van der Waals surface area contributed by atoms with Crippen LogP contribution in [0.5, 0.6) is 0 Å². The van der Waals surface area contributed by atoms with Gasteiger partial charge in [0.1, 0.15) is 0 Å². The average molecular weight is 499 g/mol. The normalized spacial score (nSPS) is 15.9. The molecule has 1 aliphatic rings. The number of hydrogen-bond acceptors (Lipinski definition) is 4. The van der Waals surface area contributed by atoms with E-state index in [9.17, 15) is 4.79 Å². The Morgan fingerprint density at radius 1 is 0.972 bits per heavy atom. The lowest BCUT2D eigenvalue weighted by Crippen LogP contribution is -2.46. The molecule has 1 unspecified atom stereocenters. The Morgan fingerprint density at radius 2 is 1.69 bits per heavy atom. The predicted octanol–water partition coefficient (Wildman–Crippen LogP) is 7.27. The van der Waals surface area contributed by atoms with Crippen molar-refractivity contribution in [3.63, 3.8) is 0 Å². The summed E-state index contributed by atoms with van der Waals surface area (Å²) in [6.07, 6.45) is 0.959. The van der Waals surface area contributed by atoms with Crippen LogP contribution in [0.3, 0.4) is 0 Å². The van der Waals surface area contributed by atoms with Crippen molar-refractivity contribution in [2.75, 3.05) is 4.90 Å². The number of nitrogens with zero attached hydrogens (tertiary/aromatic N) is 3. The van der Waals surface area contributed by atoms with Crippen molar-refractivity contribution >= 4 is 28.9 Å². The maximum atomic E-state index is 13.4. The van der Waals surface area contributed by atoms with Crippen LogP contribution in [-0.4, -0.2) is 16.2 Å². The zero-order chi connectivity index (χ0) is 25.4. The van der Waals surface area contributed by atoms with Gasteiger partial charge in [0.05, 0.1) is 17.3 Å². The van der Waals surface area contributed by atoms with E-state index < -0.39 is 6.04 Å². The second kappa shape index (κ2) is 9.63. The monoisotopic (exact) mass is 498 g/mol. The number of anilines is 1. The van der Waals surface area contributed by atoms with Gasteiger partial charge in [-0.15, -0.1) is 0 Å². The van der Waals surface area contributed by atoms with E-state index in [1.807, 2.05) is 63.2 Å². The lowest BCUT2D eigenvalue weighted by atomic mass is 9.94. The Balaban J connectivity index is 1.64. The first-order valence-corrected chi connectivity index (χ1v) is 12.3. The van der Waals surface area contributed by atoms with Crippen molar-refractivity contribution in [3.8, 4) is 11.4 Å². The van der Waals surface area contributed by atoms with Crippen LogP contribution in [0.2, 0.25) is 5.02 Å². The molecule has 6 nitrogen and oxygen atoms in total. The minimum absolute atomic E-state index is 0.227. The van der Waals surface area contributed by atoms with E-state index in [4.69, 9.17) is 21.1 Å². The van der Waals surface area contributed by atoms with Gasteiger partial charge in [-0.1, -0.05) is 66.1 Å². The van der Waals surface area contributed by atoms with Crippen molar-refractivity contribution in [2.24, 2.45) is 0 Å². The number of aryl methyl sites for hydroxylation is 3. The third-order valence-electron chi connectivity index (χ3n) is 6.71. The van der Waals surface area contributed by atoms with E-state index in [2.05, 4.69) is 29.5 Å². The van der Waals surface area contributed by atoms with Crippen LogP contribution in [-0.2, 0) is 6.42 Å². The summed E-state index contributed by atoms with van der Waals surface area (Å²) in [6.45, 7) is 8.11. The molecule has 0 fully saturated rings. The Bertz CT molecular complexity index is 1460. The van der Waals surface area contributed by atoms with Gasteiger partial charge < -0.3 is 9.84 Å². The number of benzene rings is 3. The van der Waals surface area contributed by atoms with Gasteiger partial charge in [0, 0.05) is 16.3 Å². The Kier molecular flexibility index (Phi) is 6.37. The lowest BCUT2D eigenvalue weighted by Gasteiger charge is -2.35. The summed E-state index contributed by atoms with van der Waals surface area (Å²) in [4.78, 5) is 19.8. The number of aromatic nitrogens is 2. The first-order chi connectivity index (χ1) is 17.4. The maximum Gasteiger partial charge on any atom is 0.326 e. The summed E-state index contributed by atoms with van der Waals surface area (Å²) < 4.78 is 5.80. The molecule has 3 aromatic carbocycles. The molecule has 0 saturated carbocycles. The van der Waals surface area contributed by atoms with Crippen molar-refractivity contribution in [3.05, 3.63) is 106 Å². The number of halogens is 1. The fraction of sp³-hybridized carbons (Fsp3) is 0.207. The minimum Gasteiger partial charge on any atom is -0.334 e. The molecule has 0 saturated heterocycles. The molecule has 4 aromatic rings. The number of urea groups is 1. The van der Waals surface area contributed by atoms with E-state index in [0.717, 1.165) is 45.6 Å². The summed E-state index contributed by atoms with van der Waals surface area (Å²) >= 11 is 6.14. The molecule has 2 heterocycles. The Hall–Kier alpha value is -3.90. The first-order valence-electron chi connectivity index (χ1n) is 11.9. The Labute approximate surface area is 215 Å². The SMILES string of the molecule is CCc1ccc(-c2noc(C3=C(C)N(c4ccc(C)c(C)c4)C(=O)NC3c3ccc(Cl)cc3)n2)cc1. The second-order valence-corrected chi connectivity index (χ2v) is 9.45. The number of amides is 2. The summed E-state index contributed by atoms with van der Waals surface area (Å²) in [5, 5.41) is 8.02.